The number of rotatable bonds is 10. The number of methoxy groups -OCH3 is 1. The van der Waals surface area contributed by atoms with Crippen molar-refractivity contribution in [1.82, 2.24) is 14.8 Å². The number of fused-ring (bicyclic) bond motifs is 1. The maximum Gasteiger partial charge on any atom is 0.338 e. The molecular weight excluding hydrogens is 663 g/mol. The molecule has 1 atom stereocenters. The van der Waals surface area contributed by atoms with Crippen molar-refractivity contribution in [2.75, 3.05) is 18.2 Å². The Morgan fingerprint density at radius 3 is 2.57 bits per heavy atom. The van der Waals surface area contributed by atoms with Crippen LogP contribution in [0.1, 0.15) is 36.6 Å². The molecule has 4 aromatic rings. The van der Waals surface area contributed by atoms with Gasteiger partial charge in [0, 0.05) is 5.70 Å². The second kappa shape index (κ2) is 13.4. The summed E-state index contributed by atoms with van der Waals surface area (Å²) in [6.07, 6.45) is 0. The molecule has 1 N–H and O–H groups in total. The van der Waals surface area contributed by atoms with Crippen molar-refractivity contribution in [1.29, 1.82) is 0 Å². The van der Waals surface area contributed by atoms with Crippen molar-refractivity contribution in [3.63, 3.8) is 0 Å². The van der Waals surface area contributed by atoms with Gasteiger partial charge in [-0.25, -0.2) is 9.48 Å². The van der Waals surface area contributed by atoms with E-state index < -0.39 is 12.0 Å². The van der Waals surface area contributed by atoms with Crippen LogP contribution in [0.5, 0.6) is 11.5 Å². The molecule has 0 amide bonds. The average Bonchev–Trinajstić information content (AvgIpc) is 3.38. The van der Waals surface area contributed by atoms with Gasteiger partial charge in [0.1, 0.15) is 19.3 Å². The quantitative estimate of drug-likeness (QED) is 0.132. The van der Waals surface area contributed by atoms with E-state index in [1.54, 1.807) is 23.9 Å². The highest BCUT2D eigenvalue weighted by atomic mass is 79.9. The van der Waals surface area contributed by atoms with Crippen LogP contribution in [-0.2, 0) is 22.7 Å². The van der Waals surface area contributed by atoms with Gasteiger partial charge in [0.05, 0.1) is 27.2 Å². The minimum Gasteiger partial charge on any atom is -0.493 e. The number of esters is 1. The SMILES string of the molecule is CCSc1nc2n(n1)C(c1cc(Br)c(OCc3ccc(Cl)c(Cl)c3)c(OC)c1)C(C(=O)OCc1ccccc1)=C(C)N2. The Labute approximate surface area is 266 Å². The number of nitrogens with one attached hydrogen (secondary N) is 1. The summed E-state index contributed by atoms with van der Waals surface area (Å²) >= 11 is 17.4. The van der Waals surface area contributed by atoms with E-state index in [2.05, 4.69) is 26.2 Å². The predicted molar refractivity (Wildman–Crippen MR) is 169 cm³/mol. The summed E-state index contributed by atoms with van der Waals surface area (Å²) < 4.78 is 20.0. The smallest absolute Gasteiger partial charge is 0.338 e. The summed E-state index contributed by atoms with van der Waals surface area (Å²) in [5.74, 6) is 1.84. The maximum absolute atomic E-state index is 13.7. The van der Waals surface area contributed by atoms with E-state index in [0.29, 0.717) is 48.4 Å². The number of halogens is 3. The van der Waals surface area contributed by atoms with Crippen LogP contribution in [-0.4, -0.2) is 33.6 Å². The Kier molecular flexibility index (Phi) is 9.67. The number of benzene rings is 3. The second-order valence-corrected chi connectivity index (χ2v) is 12.2. The minimum absolute atomic E-state index is 0.138. The third-order valence-electron chi connectivity index (χ3n) is 6.47. The van der Waals surface area contributed by atoms with Crippen molar-refractivity contribution in [2.45, 2.75) is 38.3 Å². The summed E-state index contributed by atoms with van der Waals surface area (Å²) in [5, 5.41) is 9.49. The largest absolute Gasteiger partial charge is 0.493 e. The Morgan fingerprint density at radius 2 is 1.86 bits per heavy atom. The standard InChI is InChI=1S/C30H27BrCl2N4O4S/c1-4-42-30-35-29-34-17(2)25(28(38)41-15-18-8-6-5-7-9-18)26(37(29)36-30)20-13-21(31)27(24(14-20)39-3)40-16-19-10-11-22(32)23(33)12-19/h5-14,26H,4,15-16H2,1-3H3,(H,34,35,36). The van der Waals surface area contributed by atoms with Gasteiger partial charge in [0.2, 0.25) is 11.1 Å². The Morgan fingerprint density at radius 1 is 1.07 bits per heavy atom. The fourth-order valence-electron chi connectivity index (χ4n) is 4.52. The first-order chi connectivity index (χ1) is 20.3. The molecule has 0 saturated carbocycles. The predicted octanol–water partition coefficient (Wildman–Crippen LogP) is 8.08. The summed E-state index contributed by atoms with van der Waals surface area (Å²) in [7, 11) is 1.56. The first-order valence-corrected chi connectivity index (χ1v) is 15.5. The number of ether oxygens (including phenoxy) is 3. The first-order valence-electron chi connectivity index (χ1n) is 13.0. The number of carbonyl (C=O) groups is 1. The van der Waals surface area contributed by atoms with Crippen molar-refractivity contribution >= 4 is 62.8 Å². The highest BCUT2D eigenvalue weighted by Crippen LogP contribution is 2.43. The summed E-state index contributed by atoms with van der Waals surface area (Å²) in [4.78, 5) is 18.3. The van der Waals surface area contributed by atoms with Gasteiger partial charge in [0.25, 0.3) is 0 Å². The second-order valence-electron chi connectivity index (χ2n) is 9.29. The molecule has 0 spiro atoms. The molecule has 0 saturated heterocycles. The molecule has 42 heavy (non-hydrogen) atoms. The number of hydrogen-bond acceptors (Lipinski definition) is 8. The molecule has 0 bridgehead atoms. The zero-order valence-corrected chi connectivity index (χ0v) is 26.9. The highest BCUT2D eigenvalue weighted by molar-refractivity contribution is 9.10. The molecule has 218 valence electrons. The van der Waals surface area contributed by atoms with Crippen LogP contribution in [0.2, 0.25) is 10.0 Å². The van der Waals surface area contributed by atoms with Crippen LogP contribution in [0.4, 0.5) is 5.95 Å². The Bertz CT molecular complexity index is 1650. The van der Waals surface area contributed by atoms with Gasteiger partial charge in [-0.1, -0.05) is 78.3 Å². The molecule has 2 heterocycles. The number of hydrogen-bond donors (Lipinski definition) is 1. The van der Waals surface area contributed by atoms with Crippen molar-refractivity contribution in [3.05, 3.63) is 103 Å². The highest BCUT2D eigenvalue weighted by Gasteiger charge is 2.36. The molecule has 8 nitrogen and oxygen atoms in total. The van der Waals surface area contributed by atoms with E-state index in [4.69, 9.17) is 42.5 Å². The van der Waals surface area contributed by atoms with E-state index in [9.17, 15) is 4.79 Å². The van der Waals surface area contributed by atoms with E-state index in [-0.39, 0.29) is 13.2 Å². The summed E-state index contributed by atoms with van der Waals surface area (Å²) in [6.45, 7) is 4.24. The van der Waals surface area contributed by atoms with E-state index in [1.807, 2.05) is 62.4 Å². The van der Waals surface area contributed by atoms with Gasteiger partial charge in [-0.05, 0) is 69.6 Å². The fraction of sp³-hybridized carbons (Fsp3) is 0.233. The average molecular weight is 690 g/mol. The van der Waals surface area contributed by atoms with Crippen LogP contribution in [0.3, 0.4) is 0 Å². The summed E-state index contributed by atoms with van der Waals surface area (Å²) in [6, 6.07) is 18.0. The molecule has 1 aliphatic heterocycles. The number of anilines is 1. The Hall–Kier alpha value is -3.18. The lowest BCUT2D eigenvalue weighted by Crippen LogP contribution is -2.29. The molecule has 3 aromatic carbocycles. The van der Waals surface area contributed by atoms with Crippen LogP contribution >= 0.6 is 50.9 Å². The monoisotopic (exact) mass is 688 g/mol. The van der Waals surface area contributed by atoms with Gasteiger partial charge in [-0.15, -0.1) is 5.10 Å². The lowest BCUT2D eigenvalue weighted by molar-refractivity contribution is -0.140. The van der Waals surface area contributed by atoms with Crippen LogP contribution < -0.4 is 14.8 Å². The number of thioether (sulfide) groups is 1. The molecule has 0 radical (unpaired) electrons. The zero-order chi connectivity index (χ0) is 29.8. The topological polar surface area (TPSA) is 87.5 Å². The molecule has 5 rings (SSSR count). The molecule has 0 fully saturated rings. The molecule has 1 unspecified atom stereocenters. The third-order valence-corrected chi connectivity index (χ3v) is 8.52. The number of carbonyl (C=O) groups excluding carboxylic acids is 1. The first kappa shape index (κ1) is 30.3. The van der Waals surface area contributed by atoms with E-state index >= 15 is 0 Å². The Balaban J connectivity index is 1.51. The number of allylic oxidation sites excluding steroid dienone is 1. The third kappa shape index (κ3) is 6.57. The lowest BCUT2D eigenvalue weighted by Gasteiger charge is -2.29. The van der Waals surface area contributed by atoms with E-state index in [0.717, 1.165) is 22.4 Å². The van der Waals surface area contributed by atoms with Crippen LogP contribution in [0.25, 0.3) is 0 Å². The van der Waals surface area contributed by atoms with Crippen LogP contribution in [0.15, 0.2) is 81.6 Å². The lowest BCUT2D eigenvalue weighted by atomic mass is 9.95. The van der Waals surface area contributed by atoms with Crippen LogP contribution in [0, 0.1) is 0 Å². The van der Waals surface area contributed by atoms with Gasteiger partial charge in [-0.2, -0.15) is 4.98 Å². The van der Waals surface area contributed by atoms with Gasteiger partial charge in [-0.3, -0.25) is 0 Å². The molecule has 1 aliphatic rings. The van der Waals surface area contributed by atoms with Crippen molar-refractivity contribution in [2.24, 2.45) is 0 Å². The van der Waals surface area contributed by atoms with Gasteiger partial charge < -0.3 is 19.5 Å². The zero-order valence-electron chi connectivity index (χ0n) is 23.0. The minimum atomic E-state index is -0.641. The van der Waals surface area contributed by atoms with E-state index in [1.165, 1.54) is 11.8 Å². The molecule has 0 aliphatic carbocycles. The number of aromatic nitrogens is 3. The normalized spacial score (nSPS) is 14.3. The van der Waals surface area contributed by atoms with Gasteiger partial charge >= 0.3 is 5.97 Å². The number of nitrogens with zero attached hydrogens (tertiary/aromatic N) is 3. The van der Waals surface area contributed by atoms with Gasteiger partial charge in [0.15, 0.2) is 11.5 Å². The molecular formula is C30H27BrCl2N4O4S. The van der Waals surface area contributed by atoms with Crippen molar-refractivity contribution < 1.29 is 19.0 Å². The summed E-state index contributed by atoms with van der Waals surface area (Å²) in [5.41, 5.74) is 3.50. The maximum atomic E-state index is 13.7. The fourth-order valence-corrected chi connectivity index (χ4v) is 5.97. The molecule has 12 heteroatoms. The van der Waals surface area contributed by atoms with Crippen molar-refractivity contribution in [3.8, 4) is 11.5 Å². The molecule has 1 aromatic heterocycles.